The second-order valence-electron chi connectivity index (χ2n) is 4.65. The van der Waals surface area contributed by atoms with E-state index in [1.165, 1.54) is 11.1 Å². The molecule has 0 aliphatic heterocycles. The number of carbonyl (C=O) groups excluding carboxylic acids is 1. The van der Waals surface area contributed by atoms with Crippen molar-refractivity contribution >= 4 is 23.5 Å². The third-order valence-corrected chi connectivity index (χ3v) is 3.99. The number of aromatic amines is 1. The topological polar surface area (TPSA) is 57.8 Å². The van der Waals surface area contributed by atoms with E-state index in [4.69, 9.17) is 0 Å². The lowest BCUT2D eigenvalue weighted by Gasteiger charge is -2.05. The standard InChI is InChI=1S/C15H19N3OS/c1-3-13-8-16-18-15(13)17-14(19)10-20-9-12-6-4-11(2)5-7-12/h4-8H,3,9-10H2,1-2H3,(H2,16,17,18,19). The zero-order valence-electron chi connectivity index (χ0n) is 11.8. The molecule has 0 fully saturated rings. The molecule has 2 rings (SSSR count). The summed E-state index contributed by atoms with van der Waals surface area (Å²) in [7, 11) is 0. The molecule has 0 saturated heterocycles. The quantitative estimate of drug-likeness (QED) is 0.859. The monoisotopic (exact) mass is 289 g/mol. The van der Waals surface area contributed by atoms with Gasteiger partial charge in [-0.15, -0.1) is 11.8 Å². The molecule has 5 heteroatoms. The Labute approximate surface area is 123 Å². The number of amides is 1. The van der Waals surface area contributed by atoms with Crippen molar-refractivity contribution in [2.75, 3.05) is 11.1 Å². The van der Waals surface area contributed by atoms with E-state index in [1.807, 2.05) is 6.92 Å². The average Bonchev–Trinajstić information content (AvgIpc) is 2.88. The van der Waals surface area contributed by atoms with Gasteiger partial charge in [-0.2, -0.15) is 5.10 Å². The fraction of sp³-hybridized carbons (Fsp3) is 0.333. The van der Waals surface area contributed by atoms with Crippen molar-refractivity contribution in [3.63, 3.8) is 0 Å². The van der Waals surface area contributed by atoms with Crippen LogP contribution in [0.15, 0.2) is 30.5 Å². The third kappa shape index (κ3) is 4.13. The fourth-order valence-electron chi connectivity index (χ4n) is 1.81. The van der Waals surface area contributed by atoms with Gasteiger partial charge in [-0.3, -0.25) is 9.89 Å². The summed E-state index contributed by atoms with van der Waals surface area (Å²) in [5.74, 6) is 2.00. The Bertz CT molecular complexity index is 563. The first kappa shape index (κ1) is 14.7. The van der Waals surface area contributed by atoms with Gasteiger partial charge in [0.1, 0.15) is 5.82 Å². The molecule has 4 nitrogen and oxygen atoms in total. The summed E-state index contributed by atoms with van der Waals surface area (Å²) in [5, 5.41) is 9.61. The number of nitrogens with zero attached hydrogens (tertiary/aromatic N) is 1. The van der Waals surface area contributed by atoms with Gasteiger partial charge in [-0.1, -0.05) is 36.8 Å². The minimum atomic E-state index is 0.000983. The van der Waals surface area contributed by atoms with E-state index < -0.39 is 0 Å². The van der Waals surface area contributed by atoms with Gasteiger partial charge in [0.25, 0.3) is 0 Å². The summed E-state index contributed by atoms with van der Waals surface area (Å²) in [4.78, 5) is 11.8. The van der Waals surface area contributed by atoms with Crippen LogP contribution in [-0.2, 0) is 17.0 Å². The Hall–Kier alpha value is -1.75. The van der Waals surface area contributed by atoms with Crippen LogP contribution < -0.4 is 5.32 Å². The Balaban J connectivity index is 1.76. The molecule has 1 aromatic carbocycles. The van der Waals surface area contributed by atoms with Crippen LogP contribution in [0.3, 0.4) is 0 Å². The first-order chi connectivity index (χ1) is 9.69. The molecule has 0 radical (unpaired) electrons. The van der Waals surface area contributed by atoms with E-state index in [0.29, 0.717) is 11.6 Å². The maximum atomic E-state index is 11.8. The molecule has 1 heterocycles. The number of carbonyl (C=O) groups is 1. The van der Waals surface area contributed by atoms with E-state index >= 15 is 0 Å². The largest absolute Gasteiger partial charge is 0.310 e. The first-order valence-electron chi connectivity index (χ1n) is 6.64. The van der Waals surface area contributed by atoms with E-state index in [-0.39, 0.29) is 5.91 Å². The summed E-state index contributed by atoms with van der Waals surface area (Å²) in [5.41, 5.74) is 3.52. The Morgan fingerprint density at radius 3 is 2.80 bits per heavy atom. The summed E-state index contributed by atoms with van der Waals surface area (Å²) >= 11 is 1.61. The summed E-state index contributed by atoms with van der Waals surface area (Å²) in [6, 6.07) is 8.39. The molecule has 0 atom stereocenters. The van der Waals surface area contributed by atoms with Gasteiger partial charge >= 0.3 is 0 Å². The van der Waals surface area contributed by atoms with E-state index in [0.717, 1.165) is 17.7 Å². The number of hydrogen-bond donors (Lipinski definition) is 2. The lowest BCUT2D eigenvalue weighted by atomic mass is 10.2. The number of benzene rings is 1. The summed E-state index contributed by atoms with van der Waals surface area (Å²) in [6.45, 7) is 4.10. The number of aromatic nitrogens is 2. The highest BCUT2D eigenvalue weighted by Gasteiger charge is 2.07. The molecule has 0 spiro atoms. The van der Waals surface area contributed by atoms with Crippen molar-refractivity contribution < 1.29 is 4.79 Å². The first-order valence-corrected chi connectivity index (χ1v) is 7.80. The fourth-order valence-corrected chi connectivity index (χ4v) is 2.60. The van der Waals surface area contributed by atoms with Crippen molar-refractivity contribution in [1.82, 2.24) is 10.2 Å². The van der Waals surface area contributed by atoms with Gasteiger partial charge in [0.2, 0.25) is 5.91 Å². The predicted molar refractivity (Wildman–Crippen MR) is 83.9 cm³/mol. The molecule has 1 amide bonds. The van der Waals surface area contributed by atoms with Gasteiger partial charge in [0, 0.05) is 11.3 Å². The summed E-state index contributed by atoms with van der Waals surface area (Å²) in [6.07, 6.45) is 2.59. The normalized spacial score (nSPS) is 10.5. The van der Waals surface area contributed by atoms with Crippen LogP contribution in [-0.4, -0.2) is 21.9 Å². The Morgan fingerprint density at radius 1 is 1.35 bits per heavy atom. The highest BCUT2D eigenvalue weighted by molar-refractivity contribution is 7.99. The molecule has 1 aromatic heterocycles. The second kappa shape index (κ2) is 7.14. The lowest BCUT2D eigenvalue weighted by molar-refractivity contribution is -0.113. The number of thioether (sulfide) groups is 1. The lowest BCUT2D eigenvalue weighted by Crippen LogP contribution is -2.15. The maximum absolute atomic E-state index is 11.8. The van der Waals surface area contributed by atoms with Crippen LogP contribution in [0.5, 0.6) is 0 Å². The molecular weight excluding hydrogens is 270 g/mol. The van der Waals surface area contributed by atoms with Crippen LogP contribution in [0.25, 0.3) is 0 Å². The van der Waals surface area contributed by atoms with Crippen molar-refractivity contribution in [2.45, 2.75) is 26.0 Å². The number of rotatable bonds is 6. The molecule has 0 unspecified atom stereocenters. The maximum Gasteiger partial charge on any atom is 0.235 e. The zero-order chi connectivity index (χ0) is 14.4. The van der Waals surface area contributed by atoms with Crippen LogP contribution in [0, 0.1) is 6.92 Å². The van der Waals surface area contributed by atoms with Crippen LogP contribution in [0.2, 0.25) is 0 Å². The van der Waals surface area contributed by atoms with Crippen molar-refractivity contribution in [3.05, 3.63) is 47.2 Å². The number of anilines is 1. The highest BCUT2D eigenvalue weighted by atomic mass is 32.2. The van der Waals surface area contributed by atoms with Gasteiger partial charge in [0.15, 0.2) is 0 Å². The zero-order valence-corrected chi connectivity index (χ0v) is 12.6. The average molecular weight is 289 g/mol. The van der Waals surface area contributed by atoms with E-state index in [1.54, 1.807) is 18.0 Å². The Kier molecular flexibility index (Phi) is 5.24. The minimum Gasteiger partial charge on any atom is -0.310 e. The molecule has 20 heavy (non-hydrogen) atoms. The molecule has 0 aliphatic carbocycles. The highest BCUT2D eigenvalue weighted by Crippen LogP contribution is 2.15. The SMILES string of the molecule is CCc1cn[nH]c1NC(=O)CSCc1ccc(C)cc1. The van der Waals surface area contributed by atoms with E-state index in [2.05, 4.69) is 46.7 Å². The van der Waals surface area contributed by atoms with Gasteiger partial charge in [-0.25, -0.2) is 0 Å². The number of hydrogen-bond acceptors (Lipinski definition) is 3. The third-order valence-electron chi connectivity index (χ3n) is 2.99. The van der Waals surface area contributed by atoms with Gasteiger partial charge in [0.05, 0.1) is 11.9 Å². The van der Waals surface area contributed by atoms with Crippen molar-refractivity contribution in [2.24, 2.45) is 0 Å². The smallest absolute Gasteiger partial charge is 0.235 e. The molecule has 2 N–H and O–H groups in total. The van der Waals surface area contributed by atoms with Crippen LogP contribution >= 0.6 is 11.8 Å². The van der Waals surface area contributed by atoms with Crippen LogP contribution in [0.1, 0.15) is 23.6 Å². The van der Waals surface area contributed by atoms with Gasteiger partial charge < -0.3 is 5.32 Å². The minimum absolute atomic E-state index is 0.000983. The van der Waals surface area contributed by atoms with E-state index in [9.17, 15) is 4.79 Å². The molecule has 2 aromatic rings. The van der Waals surface area contributed by atoms with Crippen molar-refractivity contribution in [3.8, 4) is 0 Å². The predicted octanol–water partition coefficient (Wildman–Crippen LogP) is 3.15. The number of H-pyrrole nitrogens is 1. The van der Waals surface area contributed by atoms with Crippen LogP contribution in [0.4, 0.5) is 5.82 Å². The summed E-state index contributed by atoms with van der Waals surface area (Å²) < 4.78 is 0. The number of nitrogens with one attached hydrogen (secondary N) is 2. The molecule has 0 aliphatic rings. The van der Waals surface area contributed by atoms with Crippen molar-refractivity contribution in [1.29, 1.82) is 0 Å². The molecule has 0 saturated carbocycles. The molecule has 106 valence electrons. The molecule has 0 bridgehead atoms. The second-order valence-corrected chi connectivity index (χ2v) is 5.64. The Morgan fingerprint density at radius 2 is 2.10 bits per heavy atom. The molecular formula is C15H19N3OS. The number of aryl methyl sites for hydroxylation is 2. The van der Waals surface area contributed by atoms with Gasteiger partial charge in [-0.05, 0) is 18.9 Å².